The average molecular weight is 358 g/mol. The molecule has 4 heteroatoms. The summed E-state index contributed by atoms with van der Waals surface area (Å²) in [6.45, 7) is 3.59. The first-order chi connectivity index (χ1) is 13.2. The van der Waals surface area contributed by atoms with Crippen LogP contribution in [-0.2, 0) is 4.74 Å². The summed E-state index contributed by atoms with van der Waals surface area (Å²) in [6.07, 6.45) is 1.47. The zero-order chi connectivity index (χ0) is 19.1. The first-order valence-electron chi connectivity index (χ1n) is 8.44. The van der Waals surface area contributed by atoms with Gasteiger partial charge in [0.2, 0.25) is 0 Å². The van der Waals surface area contributed by atoms with Gasteiger partial charge >= 0.3 is 11.9 Å². The van der Waals surface area contributed by atoms with Crippen LogP contribution in [0.15, 0.2) is 91.5 Å². The summed E-state index contributed by atoms with van der Waals surface area (Å²) in [5.41, 5.74) is 2.64. The molecule has 0 unspecified atom stereocenters. The zero-order valence-electron chi connectivity index (χ0n) is 14.6. The molecular formula is C23H18O4. The fourth-order valence-electron chi connectivity index (χ4n) is 2.52. The van der Waals surface area contributed by atoms with Gasteiger partial charge in [-0.2, -0.15) is 0 Å². The van der Waals surface area contributed by atoms with E-state index in [1.165, 1.54) is 6.08 Å². The summed E-state index contributed by atoms with van der Waals surface area (Å²) in [6, 6.07) is 23.4. The Morgan fingerprint density at radius 3 is 2.11 bits per heavy atom. The molecule has 0 aliphatic rings. The van der Waals surface area contributed by atoms with E-state index in [0.717, 1.165) is 11.1 Å². The van der Waals surface area contributed by atoms with Gasteiger partial charge in [0.1, 0.15) is 17.9 Å². The molecule has 0 N–H and O–H groups in total. The number of hydrogen-bond donors (Lipinski definition) is 0. The van der Waals surface area contributed by atoms with Crippen LogP contribution in [0.5, 0.6) is 5.75 Å². The van der Waals surface area contributed by atoms with Crippen molar-refractivity contribution < 1.29 is 19.1 Å². The van der Waals surface area contributed by atoms with Crippen LogP contribution in [0.4, 0.5) is 0 Å². The van der Waals surface area contributed by atoms with Gasteiger partial charge in [-0.1, -0.05) is 67.3 Å². The third kappa shape index (κ3) is 4.50. The fraction of sp³-hybridized carbons (Fsp3) is 0.0435. The van der Waals surface area contributed by atoms with E-state index in [1.54, 1.807) is 36.4 Å². The van der Waals surface area contributed by atoms with E-state index in [1.807, 2.05) is 42.5 Å². The highest BCUT2D eigenvalue weighted by molar-refractivity contribution is 5.96. The summed E-state index contributed by atoms with van der Waals surface area (Å²) in [5.74, 6) is -0.958. The van der Waals surface area contributed by atoms with Crippen molar-refractivity contribution in [3.63, 3.8) is 0 Å². The fourth-order valence-corrected chi connectivity index (χ4v) is 2.52. The minimum absolute atomic E-state index is 0.0854. The molecule has 0 bridgehead atoms. The molecule has 0 aliphatic heterocycles. The molecule has 134 valence electrons. The maximum Gasteiger partial charge on any atom is 0.343 e. The van der Waals surface area contributed by atoms with Gasteiger partial charge in [-0.3, -0.25) is 0 Å². The van der Waals surface area contributed by atoms with Gasteiger partial charge in [0, 0.05) is 0 Å². The Hall–Kier alpha value is -3.66. The first-order valence-corrected chi connectivity index (χ1v) is 8.44. The van der Waals surface area contributed by atoms with Crippen molar-refractivity contribution in [1.29, 1.82) is 0 Å². The molecule has 0 aliphatic carbocycles. The minimum atomic E-state index is -0.572. The quantitative estimate of drug-likeness (QED) is 0.357. The lowest BCUT2D eigenvalue weighted by atomic mass is 10.0. The van der Waals surface area contributed by atoms with Crippen molar-refractivity contribution in [2.45, 2.75) is 0 Å². The molecule has 0 saturated heterocycles. The molecule has 0 spiro atoms. The largest absolute Gasteiger partial charge is 0.458 e. The summed E-state index contributed by atoms with van der Waals surface area (Å²) in [7, 11) is 0. The smallest absolute Gasteiger partial charge is 0.343 e. The van der Waals surface area contributed by atoms with E-state index in [-0.39, 0.29) is 17.9 Å². The zero-order valence-corrected chi connectivity index (χ0v) is 14.6. The molecule has 3 aromatic rings. The van der Waals surface area contributed by atoms with Crippen molar-refractivity contribution in [2.24, 2.45) is 0 Å². The van der Waals surface area contributed by atoms with Crippen molar-refractivity contribution in [3.8, 4) is 16.9 Å². The molecule has 0 heterocycles. The maximum absolute atomic E-state index is 12.5. The van der Waals surface area contributed by atoms with Crippen LogP contribution in [0, 0.1) is 0 Å². The first kappa shape index (κ1) is 18.1. The number of para-hydroxylation sites is 1. The Morgan fingerprint density at radius 2 is 1.41 bits per heavy atom. The normalized spacial score (nSPS) is 10.1. The third-order valence-electron chi connectivity index (χ3n) is 3.87. The molecule has 0 radical (unpaired) electrons. The van der Waals surface area contributed by atoms with Crippen molar-refractivity contribution >= 4 is 11.9 Å². The number of benzene rings is 3. The second-order valence-corrected chi connectivity index (χ2v) is 5.72. The Labute approximate surface area is 157 Å². The Bertz CT molecular complexity index is 944. The van der Waals surface area contributed by atoms with E-state index in [9.17, 15) is 9.59 Å². The predicted molar refractivity (Wildman–Crippen MR) is 104 cm³/mol. The number of ether oxygens (including phenoxy) is 2. The van der Waals surface area contributed by atoms with Gasteiger partial charge in [0.05, 0.1) is 5.56 Å². The predicted octanol–water partition coefficient (Wildman–Crippen LogP) is 4.92. The second-order valence-electron chi connectivity index (χ2n) is 5.72. The van der Waals surface area contributed by atoms with Crippen molar-refractivity contribution in [2.75, 3.05) is 6.61 Å². The van der Waals surface area contributed by atoms with Crippen LogP contribution in [0.1, 0.15) is 20.7 Å². The SMILES string of the molecule is C=CCOC(=O)c1ccccc1OC(=O)c1ccc(-c2ccccc2)cc1. The molecule has 3 rings (SSSR count). The van der Waals surface area contributed by atoms with E-state index in [0.29, 0.717) is 5.56 Å². The molecule has 0 saturated carbocycles. The van der Waals surface area contributed by atoms with Gasteiger partial charge in [-0.05, 0) is 35.4 Å². The van der Waals surface area contributed by atoms with Gasteiger partial charge in [-0.15, -0.1) is 0 Å². The molecular weight excluding hydrogens is 340 g/mol. The topological polar surface area (TPSA) is 52.6 Å². The van der Waals surface area contributed by atoms with Crippen LogP contribution in [0.25, 0.3) is 11.1 Å². The van der Waals surface area contributed by atoms with E-state index < -0.39 is 11.9 Å². The average Bonchev–Trinajstić information content (AvgIpc) is 2.73. The van der Waals surface area contributed by atoms with Crippen LogP contribution in [0.3, 0.4) is 0 Å². The number of carbonyl (C=O) groups is 2. The Kier molecular flexibility index (Phi) is 5.80. The lowest BCUT2D eigenvalue weighted by molar-refractivity contribution is 0.0543. The molecule has 0 atom stereocenters. The summed E-state index contributed by atoms with van der Waals surface area (Å²) < 4.78 is 10.4. The van der Waals surface area contributed by atoms with E-state index in [2.05, 4.69) is 6.58 Å². The third-order valence-corrected chi connectivity index (χ3v) is 3.87. The van der Waals surface area contributed by atoms with Gasteiger partial charge in [0.15, 0.2) is 0 Å². The molecule has 0 aromatic heterocycles. The second kappa shape index (κ2) is 8.63. The van der Waals surface area contributed by atoms with Crippen LogP contribution < -0.4 is 4.74 Å². The van der Waals surface area contributed by atoms with E-state index in [4.69, 9.17) is 9.47 Å². The number of carbonyl (C=O) groups excluding carboxylic acids is 2. The van der Waals surface area contributed by atoms with Gasteiger partial charge in [-0.25, -0.2) is 9.59 Å². The summed E-state index contributed by atoms with van der Waals surface area (Å²) in [4.78, 5) is 24.5. The maximum atomic E-state index is 12.5. The Balaban J connectivity index is 1.76. The van der Waals surface area contributed by atoms with Crippen LogP contribution in [0.2, 0.25) is 0 Å². The molecule has 3 aromatic carbocycles. The van der Waals surface area contributed by atoms with Crippen LogP contribution >= 0.6 is 0 Å². The highest BCUT2D eigenvalue weighted by Gasteiger charge is 2.17. The molecule has 0 amide bonds. The molecule has 27 heavy (non-hydrogen) atoms. The standard InChI is InChI=1S/C23H18O4/c1-2-16-26-23(25)20-10-6-7-11-21(20)27-22(24)19-14-12-18(13-15-19)17-8-4-3-5-9-17/h2-15H,1,16H2. The Morgan fingerprint density at radius 1 is 0.778 bits per heavy atom. The highest BCUT2D eigenvalue weighted by Crippen LogP contribution is 2.22. The van der Waals surface area contributed by atoms with Crippen molar-refractivity contribution in [1.82, 2.24) is 0 Å². The lowest BCUT2D eigenvalue weighted by Gasteiger charge is -2.10. The van der Waals surface area contributed by atoms with Gasteiger partial charge < -0.3 is 9.47 Å². The van der Waals surface area contributed by atoms with E-state index >= 15 is 0 Å². The lowest BCUT2D eigenvalue weighted by Crippen LogP contribution is -2.13. The van der Waals surface area contributed by atoms with Crippen LogP contribution in [-0.4, -0.2) is 18.5 Å². The molecule has 4 nitrogen and oxygen atoms in total. The number of esters is 2. The van der Waals surface area contributed by atoms with Gasteiger partial charge in [0.25, 0.3) is 0 Å². The molecule has 0 fully saturated rings. The van der Waals surface area contributed by atoms with Crippen molar-refractivity contribution in [3.05, 3.63) is 103 Å². The highest BCUT2D eigenvalue weighted by atomic mass is 16.5. The summed E-state index contributed by atoms with van der Waals surface area (Å²) in [5, 5.41) is 0. The monoisotopic (exact) mass is 358 g/mol. The number of hydrogen-bond acceptors (Lipinski definition) is 4. The summed E-state index contributed by atoms with van der Waals surface area (Å²) >= 11 is 0. The minimum Gasteiger partial charge on any atom is -0.458 e. The number of rotatable bonds is 6.